The molecule has 1 aliphatic rings. The number of nitrogen functional groups attached to an aromatic ring is 1. The van der Waals surface area contributed by atoms with E-state index in [0.29, 0.717) is 18.5 Å². The van der Waals surface area contributed by atoms with Crippen molar-refractivity contribution in [2.24, 2.45) is 0 Å². The highest BCUT2D eigenvalue weighted by atomic mass is 32.2. The zero-order chi connectivity index (χ0) is 15.5. The van der Waals surface area contributed by atoms with Crippen LogP contribution in [-0.4, -0.2) is 21.8 Å². The van der Waals surface area contributed by atoms with Crippen LogP contribution in [0.25, 0.3) is 10.2 Å². The standard InChI is InChI=1S/C16H23N3OS2/c1-3-5-7-21-16-18-14(17)13-11-8-10(6-4-2)20-9-12(11)22-15(13)19-16/h10H,3-9H2,1-2H3,(H2,17,18,19)/t10-/m1/s1. The van der Waals surface area contributed by atoms with Crippen LogP contribution in [0.15, 0.2) is 5.16 Å². The third-order valence-corrected chi connectivity index (χ3v) is 6.00. The van der Waals surface area contributed by atoms with Crippen LogP contribution in [-0.2, 0) is 17.8 Å². The van der Waals surface area contributed by atoms with Crippen LogP contribution in [0, 0.1) is 0 Å². The summed E-state index contributed by atoms with van der Waals surface area (Å²) in [6.45, 7) is 5.08. The Bertz CT molecular complexity index is 656. The van der Waals surface area contributed by atoms with E-state index in [1.807, 2.05) is 0 Å². The molecule has 0 radical (unpaired) electrons. The largest absolute Gasteiger partial charge is 0.383 e. The lowest BCUT2D eigenvalue weighted by Crippen LogP contribution is -2.21. The molecule has 2 N–H and O–H groups in total. The van der Waals surface area contributed by atoms with Gasteiger partial charge in [0.2, 0.25) is 0 Å². The summed E-state index contributed by atoms with van der Waals surface area (Å²) in [6.07, 6.45) is 5.87. The molecule has 0 aromatic carbocycles. The first-order valence-corrected chi connectivity index (χ1v) is 9.85. The lowest BCUT2D eigenvalue weighted by atomic mass is 10.0. The SMILES string of the molecule is CCCCSc1nc(N)c2c3c(sc2n1)CO[C@H](CCC)C3. The molecular formula is C16H23N3OS2. The number of unbranched alkanes of at least 4 members (excludes halogenated alkanes) is 1. The molecule has 1 aliphatic heterocycles. The van der Waals surface area contributed by atoms with Gasteiger partial charge in [0.15, 0.2) is 5.16 Å². The molecule has 2 aromatic heterocycles. The van der Waals surface area contributed by atoms with Crippen molar-refractivity contribution in [3.63, 3.8) is 0 Å². The molecule has 6 heteroatoms. The van der Waals surface area contributed by atoms with Crippen molar-refractivity contribution in [1.82, 2.24) is 9.97 Å². The highest BCUT2D eigenvalue weighted by Crippen LogP contribution is 2.38. The molecule has 3 heterocycles. The fourth-order valence-corrected chi connectivity index (χ4v) is 4.93. The van der Waals surface area contributed by atoms with Crippen LogP contribution < -0.4 is 5.73 Å². The van der Waals surface area contributed by atoms with Gasteiger partial charge >= 0.3 is 0 Å². The number of aromatic nitrogens is 2. The highest BCUT2D eigenvalue weighted by Gasteiger charge is 2.25. The van der Waals surface area contributed by atoms with E-state index in [-0.39, 0.29) is 0 Å². The van der Waals surface area contributed by atoms with E-state index >= 15 is 0 Å². The van der Waals surface area contributed by atoms with Gasteiger partial charge in [0.05, 0.1) is 18.1 Å². The van der Waals surface area contributed by atoms with Gasteiger partial charge < -0.3 is 10.5 Å². The smallest absolute Gasteiger partial charge is 0.190 e. The molecule has 0 aliphatic carbocycles. The summed E-state index contributed by atoms with van der Waals surface area (Å²) in [5, 5.41) is 1.88. The second-order valence-corrected chi connectivity index (χ2v) is 7.85. The van der Waals surface area contributed by atoms with Crippen LogP contribution in [0.5, 0.6) is 0 Å². The quantitative estimate of drug-likeness (QED) is 0.481. The lowest BCUT2D eigenvalue weighted by molar-refractivity contribution is 0.0254. The minimum absolute atomic E-state index is 0.313. The molecule has 3 rings (SSSR count). The summed E-state index contributed by atoms with van der Waals surface area (Å²) < 4.78 is 5.94. The Morgan fingerprint density at radius 2 is 2.18 bits per heavy atom. The van der Waals surface area contributed by atoms with E-state index in [2.05, 4.69) is 18.8 Å². The predicted molar refractivity (Wildman–Crippen MR) is 94.6 cm³/mol. The van der Waals surface area contributed by atoms with E-state index in [9.17, 15) is 0 Å². The summed E-state index contributed by atoms with van der Waals surface area (Å²) in [5.41, 5.74) is 7.58. The number of hydrogen-bond donors (Lipinski definition) is 1. The van der Waals surface area contributed by atoms with E-state index in [0.717, 1.165) is 40.4 Å². The number of thiophene rings is 1. The van der Waals surface area contributed by atoms with Crippen molar-refractivity contribution in [1.29, 1.82) is 0 Å². The molecule has 0 bridgehead atoms. The third-order valence-electron chi connectivity index (χ3n) is 3.96. The predicted octanol–water partition coefficient (Wildman–Crippen LogP) is 4.41. The minimum atomic E-state index is 0.313. The van der Waals surface area contributed by atoms with Gasteiger partial charge in [-0.2, -0.15) is 0 Å². The van der Waals surface area contributed by atoms with Gasteiger partial charge in [-0.1, -0.05) is 38.5 Å². The second kappa shape index (κ2) is 7.15. The van der Waals surface area contributed by atoms with Gasteiger partial charge in [-0.3, -0.25) is 0 Å². The number of nitrogens with zero attached hydrogens (tertiary/aromatic N) is 2. The van der Waals surface area contributed by atoms with E-state index in [1.54, 1.807) is 23.1 Å². The number of fused-ring (bicyclic) bond motifs is 3. The van der Waals surface area contributed by atoms with Crippen LogP contribution in [0.2, 0.25) is 0 Å². The molecule has 4 nitrogen and oxygen atoms in total. The van der Waals surface area contributed by atoms with Crippen molar-refractivity contribution < 1.29 is 4.74 Å². The second-order valence-electron chi connectivity index (χ2n) is 5.70. The number of ether oxygens (including phenoxy) is 1. The zero-order valence-electron chi connectivity index (χ0n) is 13.2. The molecule has 0 amide bonds. The lowest BCUT2D eigenvalue weighted by Gasteiger charge is -2.22. The van der Waals surface area contributed by atoms with E-state index < -0.39 is 0 Å². The molecule has 0 unspecified atom stereocenters. The average molecular weight is 338 g/mol. The van der Waals surface area contributed by atoms with Gasteiger partial charge in [0.1, 0.15) is 10.6 Å². The molecule has 22 heavy (non-hydrogen) atoms. The first-order valence-electron chi connectivity index (χ1n) is 8.05. The molecule has 120 valence electrons. The van der Waals surface area contributed by atoms with Crippen LogP contribution in [0.1, 0.15) is 50.0 Å². The molecule has 2 aromatic rings. The van der Waals surface area contributed by atoms with E-state index in [4.69, 9.17) is 15.5 Å². The number of rotatable bonds is 6. The van der Waals surface area contributed by atoms with Gasteiger partial charge in [-0.05, 0) is 18.4 Å². The van der Waals surface area contributed by atoms with Gasteiger partial charge in [-0.25, -0.2) is 9.97 Å². The maximum Gasteiger partial charge on any atom is 0.190 e. The Morgan fingerprint density at radius 3 is 2.95 bits per heavy atom. The third kappa shape index (κ3) is 3.24. The average Bonchev–Trinajstić information content (AvgIpc) is 2.86. The van der Waals surface area contributed by atoms with Gasteiger partial charge in [0.25, 0.3) is 0 Å². The normalized spacial score (nSPS) is 17.8. The van der Waals surface area contributed by atoms with Crippen molar-refractivity contribution in [2.45, 2.75) is 63.8 Å². The Kier molecular flexibility index (Phi) is 5.21. The number of hydrogen-bond acceptors (Lipinski definition) is 6. The maximum atomic E-state index is 6.25. The number of anilines is 1. The van der Waals surface area contributed by atoms with Crippen LogP contribution >= 0.6 is 23.1 Å². The van der Waals surface area contributed by atoms with Gasteiger partial charge in [-0.15, -0.1) is 11.3 Å². The molecular weight excluding hydrogens is 314 g/mol. The number of thioether (sulfide) groups is 1. The first-order chi connectivity index (χ1) is 10.7. The summed E-state index contributed by atoms with van der Waals surface area (Å²) in [5.74, 6) is 1.69. The topological polar surface area (TPSA) is 61.0 Å². The van der Waals surface area contributed by atoms with Crippen LogP contribution in [0.4, 0.5) is 5.82 Å². The molecule has 0 fully saturated rings. The van der Waals surface area contributed by atoms with Gasteiger partial charge in [0, 0.05) is 17.1 Å². The monoisotopic (exact) mass is 337 g/mol. The van der Waals surface area contributed by atoms with Crippen molar-refractivity contribution in [2.75, 3.05) is 11.5 Å². The Labute approximate surface area is 139 Å². The molecule has 0 saturated carbocycles. The fraction of sp³-hybridized carbons (Fsp3) is 0.625. The molecule has 0 saturated heterocycles. The van der Waals surface area contributed by atoms with Crippen molar-refractivity contribution in [3.8, 4) is 0 Å². The van der Waals surface area contributed by atoms with E-state index in [1.165, 1.54) is 23.3 Å². The highest BCUT2D eigenvalue weighted by molar-refractivity contribution is 7.99. The number of nitrogens with two attached hydrogens (primary N) is 1. The maximum absolute atomic E-state index is 6.25. The molecule has 0 spiro atoms. The summed E-state index contributed by atoms with van der Waals surface area (Å²) in [7, 11) is 0. The Hall–Kier alpha value is -0.850. The summed E-state index contributed by atoms with van der Waals surface area (Å²) >= 11 is 3.42. The zero-order valence-corrected chi connectivity index (χ0v) is 14.9. The van der Waals surface area contributed by atoms with Crippen LogP contribution in [0.3, 0.4) is 0 Å². The van der Waals surface area contributed by atoms with Crippen molar-refractivity contribution in [3.05, 3.63) is 10.4 Å². The fourth-order valence-electron chi connectivity index (χ4n) is 2.80. The first kappa shape index (κ1) is 16.0. The Balaban J connectivity index is 1.90. The molecule has 1 atom stereocenters. The minimum Gasteiger partial charge on any atom is -0.383 e. The summed E-state index contributed by atoms with van der Waals surface area (Å²) in [6, 6.07) is 0. The van der Waals surface area contributed by atoms with Crippen molar-refractivity contribution >= 4 is 39.1 Å². The Morgan fingerprint density at radius 1 is 1.32 bits per heavy atom. The summed E-state index contributed by atoms with van der Waals surface area (Å²) in [4.78, 5) is 11.5.